The molecule has 3 rings (SSSR count). The maximum atomic E-state index is 13.4. The van der Waals surface area contributed by atoms with Gasteiger partial charge in [0.25, 0.3) is 0 Å². The quantitative estimate of drug-likeness (QED) is 0.486. The van der Waals surface area contributed by atoms with Crippen LogP contribution in [0.2, 0.25) is 0 Å². The number of hydrogen-bond acceptors (Lipinski definition) is 4. The molecule has 0 aromatic heterocycles. The molecule has 3 aromatic carbocycles. The minimum Gasteiger partial charge on any atom is -0.497 e. The van der Waals surface area contributed by atoms with E-state index in [1.807, 2.05) is 79.7 Å². The van der Waals surface area contributed by atoms with E-state index in [4.69, 9.17) is 9.47 Å². The zero-order chi connectivity index (χ0) is 22.2. The smallest absolute Gasteiger partial charge is 0.246 e. The number of carbonyl (C=O) groups excluding carboxylic acids is 1. The Balaban J connectivity index is 1.89. The van der Waals surface area contributed by atoms with Gasteiger partial charge in [-0.2, -0.15) is 0 Å². The molecule has 5 nitrogen and oxygen atoms in total. The zero-order valence-corrected chi connectivity index (χ0v) is 18.5. The van der Waals surface area contributed by atoms with Gasteiger partial charge in [-0.3, -0.25) is 10.1 Å². The van der Waals surface area contributed by atoms with E-state index in [2.05, 4.69) is 17.6 Å². The number of rotatable bonds is 9. The molecule has 0 radical (unpaired) electrons. The second-order valence-corrected chi connectivity index (χ2v) is 7.44. The van der Waals surface area contributed by atoms with Gasteiger partial charge < -0.3 is 14.8 Å². The summed E-state index contributed by atoms with van der Waals surface area (Å²) in [6, 6.07) is 22.9. The van der Waals surface area contributed by atoms with Crippen LogP contribution in [-0.2, 0) is 4.79 Å². The van der Waals surface area contributed by atoms with Crippen molar-refractivity contribution in [2.75, 3.05) is 19.5 Å². The van der Waals surface area contributed by atoms with Crippen LogP contribution in [0.15, 0.2) is 72.8 Å². The first-order valence-electron chi connectivity index (χ1n) is 10.5. The Hall–Kier alpha value is -3.31. The molecule has 2 atom stereocenters. The molecule has 0 fully saturated rings. The van der Waals surface area contributed by atoms with Crippen LogP contribution >= 0.6 is 0 Å². The first-order chi connectivity index (χ1) is 15.0. The summed E-state index contributed by atoms with van der Waals surface area (Å²) in [7, 11) is 3.25. The highest BCUT2D eigenvalue weighted by atomic mass is 16.5. The fraction of sp³-hybridized carbons (Fsp3) is 0.269. The van der Waals surface area contributed by atoms with Crippen molar-refractivity contribution in [2.24, 2.45) is 0 Å². The van der Waals surface area contributed by atoms with E-state index < -0.39 is 6.04 Å². The van der Waals surface area contributed by atoms with E-state index in [9.17, 15) is 4.79 Å². The van der Waals surface area contributed by atoms with Crippen LogP contribution in [0.3, 0.4) is 0 Å². The van der Waals surface area contributed by atoms with Gasteiger partial charge in [-0.1, -0.05) is 55.5 Å². The van der Waals surface area contributed by atoms with E-state index >= 15 is 0 Å². The molecule has 162 valence electrons. The van der Waals surface area contributed by atoms with Crippen LogP contribution in [0.1, 0.15) is 42.1 Å². The van der Waals surface area contributed by atoms with E-state index in [-0.39, 0.29) is 11.9 Å². The van der Waals surface area contributed by atoms with Gasteiger partial charge >= 0.3 is 0 Å². The molecule has 2 N–H and O–H groups in total. The first kappa shape index (κ1) is 22.4. The molecule has 0 spiro atoms. The third-order valence-electron chi connectivity index (χ3n) is 5.30. The predicted octanol–water partition coefficient (Wildman–Crippen LogP) is 5.43. The van der Waals surface area contributed by atoms with Crippen LogP contribution in [0.4, 0.5) is 5.69 Å². The Morgan fingerprint density at radius 2 is 1.61 bits per heavy atom. The van der Waals surface area contributed by atoms with Gasteiger partial charge in [0, 0.05) is 6.04 Å². The molecule has 31 heavy (non-hydrogen) atoms. The molecule has 0 bridgehead atoms. The summed E-state index contributed by atoms with van der Waals surface area (Å²) in [5.41, 5.74) is 3.71. The Morgan fingerprint density at radius 3 is 2.23 bits per heavy atom. The Morgan fingerprint density at radius 1 is 0.903 bits per heavy atom. The van der Waals surface area contributed by atoms with Crippen LogP contribution in [0, 0.1) is 6.92 Å². The second kappa shape index (κ2) is 10.6. The third-order valence-corrected chi connectivity index (χ3v) is 5.30. The van der Waals surface area contributed by atoms with Crippen LogP contribution in [0.5, 0.6) is 11.5 Å². The van der Waals surface area contributed by atoms with Crippen molar-refractivity contribution in [3.63, 3.8) is 0 Å². The lowest BCUT2D eigenvalue weighted by Gasteiger charge is -2.26. The third kappa shape index (κ3) is 5.64. The summed E-state index contributed by atoms with van der Waals surface area (Å²) in [6.07, 6.45) is 0.830. The van der Waals surface area contributed by atoms with Crippen LogP contribution in [0.25, 0.3) is 0 Å². The summed E-state index contributed by atoms with van der Waals surface area (Å²) in [5, 5.41) is 6.61. The molecule has 3 aromatic rings. The highest BCUT2D eigenvalue weighted by Gasteiger charge is 2.25. The maximum absolute atomic E-state index is 13.4. The minimum absolute atomic E-state index is 0.00117. The molecule has 0 aliphatic carbocycles. The molecule has 5 heteroatoms. The molecule has 1 amide bonds. The van der Waals surface area contributed by atoms with Crippen LogP contribution < -0.4 is 20.1 Å². The maximum Gasteiger partial charge on any atom is 0.246 e. The number of methoxy groups -OCH3 is 2. The van der Waals surface area contributed by atoms with Crippen molar-refractivity contribution in [1.82, 2.24) is 5.32 Å². The summed E-state index contributed by atoms with van der Waals surface area (Å²) < 4.78 is 10.7. The van der Waals surface area contributed by atoms with Crippen LogP contribution in [-0.4, -0.2) is 20.1 Å². The Kier molecular flexibility index (Phi) is 7.68. The Labute approximate surface area is 184 Å². The number of amides is 1. The van der Waals surface area contributed by atoms with Crippen molar-refractivity contribution < 1.29 is 14.3 Å². The van der Waals surface area contributed by atoms with Crippen molar-refractivity contribution in [1.29, 1.82) is 0 Å². The zero-order valence-electron chi connectivity index (χ0n) is 18.5. The van der Waals surface area contributed by atoms with Crippen molar-refractivity contribution in [3.05, 3.63) is 89.5 Å². The standard InChI is InChI=1S/C26H30N2O3/c1-5-22(19-12-14-21(30-3)15-13-19)27-25(20-9-7-6-8-10-20)26(29)28-23-17-18(2)11-16-24(23)31-4/h6-17,22,25,27H,5H2,1-4H3,(H,28,29). The number of anilines is 1. The van der Waals surface area contributed by atoms with Gasteiger partial charge in [0.15, 0.2) is 0 Å². The number of benzene rings is 3. The molecule has 0 heterocycles. The molecule has 2 unspecified atom stereocenters. The molecular weight excluding hydrogens is 388 g/mol. The van der Waals surface area contributed by atoms with E-state index in [1.54, 1.807) is 14.2 Å². The monoisotopic (exact) mass is 418 g/mol. The second-order valence-electron chi connectivity index (χ2n) is 7.44. The molecule has 0 saturated heterocycles. The lowest BCUT2D eigenvalue weighted by atomic mass is 9.99. The lowest BCUT2D eigenvalue weighted by Crippen LogP contribution is -2.35. The fourth-order valence-electron chi connectivity index (χ4n) is 3.58. The van der Waals surface area contributed by atoms with E-state index in [0.29, 0.717) is 11.4 Å². The van der Waals surface area contributed by atoms with Crippen molar-refractivity contribution >= 4 is 11.6 Å². The van der Waals surface area contributed by atoms with Gasteiger partial charge in [0.05, 0.1) is 19.9 Å². The van der Waals surface area contributed by atoms with Crippen molar-refractivity contribution in [2.45, 2.75) is 32.4 Å². The molecular formula is C26H30N2O3. The number of carbonyl (C=O) groups is 1. The molecule has 0 aliphatic rings. The summed E-state index contributed by atoms with van der Waals surface area (Å²) in [5.74, 6) is 1.30. The topological polar surface area (TPSA) is 59.6 Å². The first-order valence-corrected chi connectivity index (χ1v) is 10.5. The predicted molar refractivity (Wildman–Crippen MR) is 125 cm³/mol. The number of aryl methyl sites for hydroxylation is 1. The Bertz CT molecular complexity index is 987. The SMILES string of the molecule is CCC(NC(C(=O)Nc1cc(C)ccc1OC)c1ccccc1)c1ccc(OC)cc1. The molecule has 0 saturated carbocycles. The fourth-order valence-corrected chi connectivity index (χ4v) is 3.58. The van der Waals surface area contributed by atoms with E-state index in [1.165, 1.54) is 0 Å². The van der Waals surface area contributed by atoms with Gasteiger partial charge in [-0.15, -0.1) is 0 Å². The van der Waals surface area contributed by atoms with Gasteiger partial charge in [-0.05, 0) is 54.3 Å². The summed E-state index contributed by atoms with van der Waals surface area (Å²) >= 11 is 0. The summed E-state index contributed by atoms with van der Waals surface area (Å²) in [4.78, 5) is 13.4. The van der Waals surface area contributed by atoms with Gasteiger partial charge in [-0.25, -0.2) is 0 Å². The largest absolute Gasteiger partial charge is 0.497 e. The minimum atomic E-state index is -0.529. The van der Waals surface area contributed by atoms with Gasteiger partial charge in [0.2, 0.25) is 5.91 Å². The molecule has 0 aliphatic heterocycles. The number of nitrogens with one attached hydrogen (secondary N) is 2. The highest BCUT2D eigenvalue weighted by molar-refractivity contribution is 5.96. The highest BCUT2D eigenvalue weighted by Crippen LogP contribution is 2.29. The lowest BCUT2D eigenvalue weighted by molar-refractivity contribution is -0.118. The number of ether oxygens (including phenoxy) is 2. The summed E-state index contributed by atoms with van der Waals surface area (Å²) in [6.45, 7) is 4.09. The van der Waals surface area contributed by atoms with Gasteiger partial charge in [0.1, 0.15) is 17.5 Å². The average Bonchev–Trinajstić information content (AvgIpc) is 2.80. The normalized spacial score (nSPS) is 12.6. The van der Waals surface area contributed by atoms with E-state index in [0.717, 1.165) is 28.9 Å². The average molecular weight is 419 g/mol. The van der Waals surface area contributed by atoms with Crippen molar-refractivity contribution in [3.8, 4) is 11.5 Å². The number of hydrogen-bond donors (Lipinski definition) is 2.